The number of hydrogen-bond donors (Lipinski definition) is 2. The molecule has 5 nitrogen and oxygen atoms in total. The van der Waals surface area contributed by atoms with E-state index in [1.54, 1.807) is 0 Å². The lowest BCUT2D eigenvalue weighted by atomic mass is 9.62. The summed E-state index contributed by atoms with van der Waals surface area (Å²) in [5, 5.41) is 13.1. The van der Waals surface area contributed by atoms with Gasteiger partial charge in [0.25, 0.3) is 0 Å². The third-order valence-corrected chi connectivity index (χ3v) is 6.89. The molecule has 1 heterocycles. The van der Waals surface area contributed by atoms with E-state index in [0.717, 1.165) is 34.5 Å². The van der Waals surface area contributed by atoms with Crippen molar-refractivity contribution in [1.82, 2.24) is 4.98 Å². The van der Waals surface area contributed by atoms with Crippen molar-refractivity contribution in [3.05, 3.63) is 46.4 Å². The van der Waals surface area contributed by atoms with Crippen LogP contribution in [-0.4, -0.2) is 22.0 Å². The summed E-state index contributed by atoms with van der Waals surface area (Å²) >= 11 is 1.44. The van der Waals surface area contributed by atoms with Crippen LogP contribution in [0.4, 0.5) is 5.13 Å². The second kappa shape index (κ2) is 7.17. The van der Waals surface area contributed by atoms with Gasteiger partial charge in [0.05, 0.1) is 17.5 Å². The number of fused-ring (bicyclic) bond motifs is 2. The Bertz CT molecular complexity index is 978. The number of nitrogens with zero attached hydrogens (tertiary/aromatic N) is 1. The van der Waals surface area contributed by atoms with E-state index in [4.69, 9.17) is 0 Å². The van der Waals surface area contributed by atoms with Gasteiger partial charge in [0.15, 0.2) is 5.13 Å². The molecular weight excluding hydrogens is 372 g/mol. The third kappa shape index (κ3) is 3.26. The number of aryl methyl sites for hydroxylation is 3. The molecule has 2 N–H and O–H groups in total. The van der Waals surface area contributed by atoms with Crippen LogP contribution in [0, 0.1) is 44.4 Å². The number of carbonyl (C=O) groups is 2. The number of amides is 1. The SMILES string of the molecule is Cc1ccc(-c2nc(NC(=O)[C@@H]3[C@@H](C(=O)O)[C@H]4C=C[C@@H]3CC4)sc2C)c(C)c1. The van der Waals surface area contributed by atoms with Crippen molar-refractivity contribution in [3.8, 4) is 11.3 Å². The maximum Gasteiger partial charge on any atom is 0.307 e. The number of thiazole rings is 1. The zero-order valence-electron chi connectivity index (χ0n) is 16.2. The van der Waals surface area contributed by atoms with Crippen LogP contribution in [0.2, 0.25) is 0 Å². The first-order chi connectivity index (χ1) is 13.3. The van der Waals surface area contributed by atoms with Crippen molar-refractivity contribution in [2.45, 2.75) is 33.6 Å². The summed E-state index contributed by atoms with van der Waals surface area (Å²) in [6, 6.07) is 6.24. The molecule has 0 aliphatic heterocycles. The Morgan fingerprint density at radius 3 is 2.39 bits per heavy atom. The Hall–Kier alpha value is -2.47. The average Bonchev–Trinajstić information content (AvgIpc) is 3.01. The van der Waals surface area contributed by atoms with Crippen LogP contribution in [0.25, 0.3) is 11.3 Å². The van der Waals surface area contributed by atoms with Crippen molar-refractivity contribution in [1.29, 1.82) is 0 Å². The molecule has 3 aliphatic carbocycles. The Labute approximate surface area is 168 Å². The van der Waals surface area contributed by atoms with Gasteiger partial charge in [0.1, 0.15) is 0 Å². The standard InChI is InChI=1S/C22H24N2O3S/c1-11-4-9-16(12(2)10-11)19-13(3)28-22(23-19)24-20(25)17-14-5-7-15(8-6-14)18(17)21(26)27/h4-5,7,9-10,14-15,17-18H,6,8H2,1-3H3,(H,26,27)(H,23,24,25)/t14-,15+,17+,18+/m1/s1. The number of carboxylic acids is 1. The summed E-state index contributed by atoms with van der Waals surface area (Å²) in [5.74, 6) is -2.36. The van der Waals surface area contributed by atoms with Crippen LogP contribution in [0.3, 0.4) is 0 Å². The number of allylic oxidation sites excluding steroid dienone is 2. The Balaban J connectivity index is 1.59. The van der Waals surface area contributed by atoms with Gasteiger partial charge in [-0.2, -0.15) is 0 Å². The minimum Gasteiger partial charge on any atom is -0.481 e. The zero-order chi connectivity index (χ0) is 20.0. The molecule has 0 saturated heterocycles. The summed E-state index contributed by atoms with van der Waals surface area (Å²) in [7, 11) is 0. The lowest BCUT2D eigenvalue weighted by Gasteiger charge is -2.41. The predicted octanol–water partition coefficient (Wildman–Crippen LogP) is 4.59. The molecule has 6 heteroatoms. The lowest BCUT2D eigenvalue weighted by molar-refractivity contribution is -0.151. The largest absolute Gasteiger partial charge is 0.481 e. The molecule has 146 valence electrons. The molecule has 1 fully saturated rings. The highest BCUT2D eigenvalue weighted by Crippen LogP contribution is 2.45. The summed E-state index contributed by atoms with van der Waals surface area (Å²) in [6.45, 7) is 6.11. The second-order valence-electron chi connectivity index (χ2n) is 7.91. The van der Waals surface area contributed by atoms with Crippen molar-refractivity contribution in [3.63, 3.8) is 0 Å². The summed E-state index contributed by atoms with van der Waals surface area (Å²) < 4.78 is 0. The van der Waals surface area contributed by atoms with E-state index in [2.05, 4.69) is 42.3 Å². The first kappa shape index (κ1) is 18.9. The van der Waals surface area contributed by atoms with Crippen molar-refractivity contribution in [2.24, 2.45) is 23.7 Å². The third-order valence-electron chi connectivity index (χ3n) is 6.00. The number of carboxylic acid groups (broad SMARTS) is 1. The molecule has 1 amide bonds. The van der Waals surface area contributed by atoms with Crippen LogP contribution in [-0.2, 0) is 9.59 Å². The van der Waals surface area contributed by atoms with Gasteiger partial charge in [-0.05, 0) is 51.0 Å². The molecule has 0 radical (unpaired) electrons. The van der Waals surface area contributed by atoms with Crippen molar-refractivity contribution in [2.75, 3.05) is 5.32 Å². The van der Waals surface area contributed by atoms with E-state index in [0.29, 0.717) is 5.13 Å². The van der Waals surface area contributed by atoms with E-state index in [1.165, 1.54) is 16.9 Å². The first-order valence-corrected chi connectivity index (χ1v) is 10.4. The number of nitrogens with one attached hydrogen (secondary N) is 1. The normalized spacial score (nSPS) is 25.7. The van der Waals surface area contributed by atoms with E-state index in [9.17, 15) is 14.7 Å². The minimum absolute atomic E-state index is 0.00836. The van der Waals surface area contributed by atoms with E-state index < -0.39 is 17.8 Å². The number of aliphatic carboxylic acids is 1. The van der Waals surface area contributed by atoms with Gasteiger partial charge >= 0.3 is 5.97 Å². The maximum atomic E-state index is 13.0. The zero-order valence-corrected chi connectivity index (χ0v) is 17.0. The number of hydrogen-bond acceptors (Lipinski definition) is 4. The van der Waals surface area contributed by atoms with Crippen molar-refractivity contribution >= 4 is 28.3 Å². The molecule has 2 aromatic rings. The van der Waals surface area contributed by atoms with Gasteiger partial charge < -0.3 is 10.4 Å². The van der Waals surface area contributed by atoms with Crippen LogP contribution < -0.4 is 5.32 Å². The molecule has 3 aliphatic rings. The Kier molecular flexibility index (Phi) is 4.83. The molecule has 0 spiro atoms. The Morgan fingerprint density at radius 1 is 1.11 bits per heavy atom. The number of aromatic nitrogens is 1. The highest BCUT2D eigenvalue weighted by atomic mass is 32.1. The van der Waals surface area contributed by atoms with Gasteiger partial charge in [-0.15, -0.1) is 11.3 Å². The molecule has 5 rings (SSSR count). The highest BCUT2D eigenvalue weighted by molar-refractivity contribution is 7.16. The van der Waals surface area contributed by atoms with E-state index in [1.807, 2.05) is 19.1 Å². The number of anilines is 1. The van der Waals surface area contributed by atoms with Gasteiger partial charge in [-0.25, -0.2) is 4.98 Å². The fraction of sp³-hybridized carbons (Fsp3) is 0.409. The van der Waals surface area contributed by atoms with Crippen molar-refractivity contribution < 1.29 is 14.7 Å². The van der Waals surface area contributed by atoms with Crippen LogP contribution in [0.5, 0.6) is 0 Å². The molecule has 1 aromatic carbocycles. The molecule has 4 atom stereocenters. The van der Waals surface area contributed by atoms with E-state index >= 15 is 0 Å². The topological polar surface area (TPSA) is 79.3 Å². The predicted molar refractivity (Wildman–Crippen MR) is 110 cm³/mol. The maximum absolute atomic E-state index is 13.0. The molecule has 1 aromatic heterocycles. The average molecular weight is 397 g/mol. The molecule has 2 bridgehead atoms. The summed E-state index contributed by atoms with van der Waals surface area (Å²) in [4.78, 5) is 30.5. The number of rotatable bonds is 4. The molecular formula is C22H24N2O3S. The molecule has 28 heavy (non-hydrogen) atoms. The fourth-order valence-electron chi connectivity index (χ4n) is 4.66. The van der Waals surface area contributed by atoms with Gasteiger partial charge in [-0.3, -0.25) is 9.59 Å². The van der Waals surface area contributed by atoms with Crippen LogP contribution >= 0.6 is 11.3 Å². The quantitative estimate of drug-likeness (QED) is 0.741. The van der Waals surface area contributed by atoms with Crippen LogP contribution in [0.1, 0.15) is 28.8 Å². The highest BCUT2D eigenvalue weighted by Gasteiger charge is 2.48. The number of carbonyl (C=O) groups excluding carboxylic acids is 1. The fourth-order valence-corrected chi connectivity index (χ4v) is 5.49. The number of benzene rings is 1. The van der Waals surface area contributed by atoms with Crippen LogP contribution in [0.15, 0.2) is 30.4 Å². The van der Waals surface area contributed by atoms with Gasteiger partial charge in [0, 0.05) is 10.4 Å². The molecule has 1 saturated carbocycles. The molecule has 0 unspecified atom stereocenters. The van der Waals surface area contributed by atoms with Gasteiger partial charge in [-0.1, -0.05) is 35.9 Å². The second-order valence-corrected chi connectivity index (χ2v) is 9.11. The summed E-state index contributed by atoms with van der Waals surface area (Å²) in [5.41, 5.74) is 4.27. The smallest absolute Gasteiger partial charge is 0.307 e. The Morgan fingerprint density at radius 2 is 1.79 bits per heavy atom. The van der Waals surface area contributed by atoms with Gasteiger partial charge in [0.2, 0.25) is 5.91 Å². The summed E-state index contributed by atoms with van der Waals surface area (Å²) in [6.07, 6.45) is 5.71. The monoisotopic (exact) mass is 396 g/mol. The lowest BCUT2D eigenvalue weighted by Crippen LogP contribution is -2.47. The first-order valence-electron chi connectivity index (χ1n) is 9.62. The van der Waals surface area contributed by atoms with E-state index in [-0.39, 0.29) is 17.7 Å². The minimum atomic E-state index is -0.884.